The van der Waals surface area contributed by atoms with Crippen molar-refractivity contribution in [3.8, 4) is 0 Å². The van der Waals surface area contributed by atoms with Crippen LogP contribution in [0.15, 0.2) is 42.6 Å². The van der Waals surface area contributed by atoms with Crippen LogP contribution in [0.4, 0.5) is 10.2 Å². The van der Waals surface area contributed by atoms with Crippen LogP contribution in [0.25, 0.3) is 0 Å². The number of carbonyl (C=O) groups excluding carboxylic acids is 2. The van der Waals surface area contributed by atoms with Crippen molar-refractivity contribution in [2.24, 2.45) is 5.92 Å². The first-order valence-electron chi connectivity index (χ1n) is 8.31. The largest absolute Gasteiger partial charge is 0.338 e. The van der Waals surface area contributed by atoms with Crippen LogP contribution in [0.5, 0.6) is 0 Å². The number of likely N-dealkylation sites (tertiary alicyclic amines) is 1. The lowest BCUT2D eigenvalue weighted by Gasteiger charge is -2.32. The summed E-state index contributed by atoms with van der Waals surface area (Å²) in [4.78, 5) is 30.8. The molecule has 1 aromatic heterocycles. The Morgan fingerprint density at radius 2 is 2.00 bits per heavy atom. The predicted molar refractivity (Wildman–Crippen MR) is 92.6 cm³/mol. The second-order valence-electron chi connectivity index (χ2n) is 6.30. The van der Waals surface area contributed by atoms with E-state index in [1.807, 2.05) is 19.1 Å². The van der Waals surface area contributed by atoms with Gasteiger partial charge in [-0.25, -0.2) is 9.37 Å². The van der Waals surface area contributed by atoms with Crippen LogP contribution in [0.2, 0.25) is 0 Å². The number of carbonyl (C=O) groups is 2. The standard InChI is InChI=1S/C19H20FN3O2/c1-13-8-9-21-17(11-13)22-18(24)15-3-2-10-23(12-15)19(25)14-4-6-16(20)7-5-14/h4-9,11,15H,2-3,10,12H2,1H3,(H,21,22,24)/t15-/m1/s1. The fourth-order valence-electron chi connectivity index (χ4n) is 2.98. The molecule has 2 heterocycles. The van der Waals surface area contributed by atoms with E-state index in [1.165, 1.54) is 24.3 Å². The molecule has 1 saturated heterocycles. The van der Waals surface area contributed by atoms with Gasteiger partial charge in [0.1, 0.15) is 11.6 Å². The Labute approximate surface area is 145 Å². The number of aryl methyl sites for hydroxylation is 1. The maximum Gasteiger partial charge on any atom is 0.253 e. The highest BCUT2D eigenvalue weighted by Gasteiger charge is 2.29. The molecule has 1 aliphatic heterocycles. The number of anilines is 1. The zero-order valence-electron chi connectivity index (χ0n) is 14.0. The molecule has 0 bridgehead atoms. The van der Waals surface area contributed by atoms with Crippen LogP contribution in [0.1, 0.15) is 28.8 Å². The van der Waals surface area contributed by atoms with E-state index in [0.29, 0.717) is 24.5 Å². The molecular formula is C19H20FN3O2. The molecule has 2 aromatic rings. The molecule has 1 aliphatic rings. The molecule has 2 amide bonds. The third-order valence-electron chi connectivity index (χ3n) is 4.34. The lowest BCUT2D eigenvalue weighted by molar-refractivity contribution is -0.121. The fraction of sp³-hybridized carbons (Fsp3) is 0.316. The average Bonchev–Trinajstić information content (AvgIpc) is 2.62. The maximum atomic E-state index is 13.0. The van der Waals surface area contributed by atoms with Crippen LogP contribution < -0.4 is 5.32 Å². The zero-order valence-corrected chi connectivity index (χ0v) is 14.0. The monoisotopic (exact) mass is 341 g/mol. The van der Waals surface area contributed by atoms with Crippen molar-refractivity contribution in [3.63, 3.8) is 0 Å². The minimum Gasteiger partial charge on any atom is -0.338 e. The quantitative estimate of drug-likeness (QED) is 0.933. The first kappa shape index (κ1) is 17.1. The molecule has 1 fully saturated rings. The molecule has 5 nitrogen and oxygen atoms in total. The van der Waals surface area contributed by atoms with Crippen LogP contribution >= 0.6 is 0 Å². The van der Waals surface area contributed by atoms with Gasteiger partial charge in [0, 0.05) is 24.8 Å². The molecule has 0 radical (unpaired) electrons. The van der Waals surface area contributed by atoms with E-state index in [1.54, 1.807) is 11.1 Å². The molecule has 1 atom stereocenters. The van der Waals surface area contributed by atoms with Gasteiger partial charge in [-0.2, -0.15) is 0 Å². The smallest absolute Gasteiger partial charge is 0.253 e. The molecule has 1 aromatic carbocycles. The van der Waals surface area contributed by atoms with Gasteiger partial charge in [0.25, 0.3) is 5.91 Å². The van der Waals surface area contributed by atoms with E-state index in [2.05, 4.69) is 10.3 Å². The Kier molecular flexibility index (Phi) is 5.07. The van der Waals surface area contributed by atoms with Crippen molar-refractivity contribution in [2.45, 2.75) is 19.8 Å². The van der Waals surface area contributed by atoms with Gasteiger partial charge in [-0.15, -0.1) is 0 Å². The predicted octanol–water partition coefficient (Wildman–Crippen LogP) is 3.02. The number of nitrogens with zero attached hydrogens (tertiary/aromatic N) is 2. The minimum atomic E-state index is -0.377. The van der Waals surface area contributed by atoms with Gasteiger partial charge in [-0.05, 0) is 61.7 Å². The van der Waals surface area contributed by atoms with E-state index in [-0.39, 0.29) is 23.5 Å². The van der Waals surface area contributed by atoms with Crippen molar-refractivity contribution in [3.05, 3.63) is 59.5 Å². The van der Waals surface area contributed by atoms with Gasteiger partial charge in [0.15, 0.2) is 0 Å². The molecule has 6 heteroatoms. The lowest BCUT2D eigenvalue weighted by Crippen LogP contribution is -2.43. The number of benzene rings is 1. The van der Waals surface area contributed by atoms with Gasteiger partial charge in [0.05, 0.1) is 5.92 Å². The summed E-state index contributed by atoms with van der Waals surface area (Å²) in [6, 6.07) is 9.15. The summed E-state index contributed by atoms with van der Waals surface area (Å²) in [6.07, 6.45) is 3.13. The summed E-state index contributed by atoms with van der Waals surface area (Å²) >= 11 is 0. The fourth-order valence-corrected chi connectivity index (χ4v) is 2.98. The van der Waals surface area contributed by atoms with Gasteiger partial charge in [0.2, 0.25) is 5.91 Å². The first-order chi connectivity index (χ1) is 12.0. The highest BCUT2D eigenvalue weighted by atomic mass is 19.1. The zero-order chi connectivity index (χ0) is 17.8. The molecule has 130 valence electrons. The van der Waals surface area contributed by atoms with Crippen LogP contribution in [-0.2, 0) is 4.79 Å². The molecular weight excluding hydrogens is 321 g/mol. The van der Waals surface area contributed by atoms with E-state index < -0.39 is 0 Å². The molecule has 0 aliphatic carbocycles. The number of aromatic nitrogens is 1. The summed E-state index contributed by atoms with van der Waals surface area (Å²) < 4.78 is 13.0. The summed E-state index contributed by atoms with van der Waals surface area (Å²) in [5, 5.41) is 2.82. The second-order valence-corrected chi connectivity index (χ2v) is 6.30. The topological polar surface area (TPSA) is 62.3 Å². The number of pyridine rings is 1. The van der Waals surface area contributed by atoms with Gasteiger partial charge >= 0.3 is 0 Å². The minimum absolute atomic E-state index is 0.130. The SMILES string of the molecule is Cc1ccnc(NC(=O)[C@@H]2CCCN(C(=O)c3ccc(F)cc3)C2)c1. The highest BCUT2D eigenvalue weighted by Crippen LogP contribution is 2.20. The van der Waals surface area contributed by atoms with Crippen molar-refractivity contribution in [2.75, 3.05) is 18.4 Å². The number of hydrogen-bond donors (Lipinski definition) is 1. The highest BCUT2D eigenvalue weighted by molar-refractivity contribution is 5.96. The van der Waals surface area contributed by atoms with Crippen LogP contribution in [0.3, 0.4) is 0 Å². The lowest BCUT2D eigenvalue weighted by atomic mass is 9.96. The number of halogens is 1. The normalized spacial score (nSPS) is 17.2. The van der Waals surface area contributed by atoms with Crippen LogP contribution in [0, 0.1) is 18.7 Å². The van der Waals surface area contributed by atoms with E-state index in [9.17, 15) is 14.0 Å². The number of hydrogen-bond acceptors (Lipinski definition) is 3. The number of nitrogens with one attached hydrogen (secondary N) is 1. The average molecular weight is 341 g/mol. The molecule has 0 saturated carbocycles. The molecule has 0 unspecified atom stereocenters. The molecule has 3 rings (SSSR count). The van der Waals surface area contributed by atoms with Gasteiger partial charge in [-0.3, -0.25) is 9.59 Å². The van der Waals surface area contributed by atoms with E-state index >= 15 is 0 Å². The number of rotatable bonds is 3. The summed E-state index contributed by atoms with van der Waals surface area (Å²) in [6.45, 7) is 2.89. The Morgan fingerprint density at radius 3 is 2.72 bits per heavy atom. The number of piperidine rings is 1. The Hall–Kier alpha value is -2.76. The third-order valence-corrected chi connectivity index (χ3v) is 4.34. The van der Waals surface area contributed by atoms with Crippen molar-refractivity contribution >= 4 is 17.6 Å². The van der Waals surface area contributed by atoms with Gasteiger partial charge < -0.3 is 10.2 Å². The van der Waals surface area contributed by atoms with E-state index in [0.717, 1.165) is 18.4 Å². The maximum absolute atomic E-state index is 13.0. The second kappa shape index (κ2) is 7.42. The molecule has 0 spiro atoms. The Balaban J connectivity index is 1.65. The van der Waals surface area contributed by atoms with Crippen molar-refractivity contribution in [1.82, 2.24) is 9.88 Å². The first-order valence-corrected chi connectivity index (χ1v) is 8.31. The molecule has 1 N–H and O–H groups in total. The summed E-state index contributed by atoms with van der Waals surface area (Å²) in [5.74, 6) is -0.438. The van der Waals surface area contributed by atoms with Crippen LogP contribution in [-0.4, -0.2) is 34.8 Å². The Bertz CT molecular complexity index is 776. The van der Waals surface area contributed by atoms with Crippen molar-refractivity contribution in [1.29, 1.82) is 0 Å². The summed E-state index contributed by atoms with van der Waals surface area (Å²) in [7, 11) is 0. The molecule has 25 heavy (non-hydrogen) atoms. The van der Waals surface area contributed by atoms with Gasteiger partial charge in [-0.1, -0.05) is 0 Å². The van der Waals surface area contributed by atoms with E-state index in [4.69, 9.17) is 0 Å². The number of amides is 2. The summed E-state index contributed by atoms with van der Waals surface area (Å²) in [5.41, 5.74) is 1.45. The third kappa shape index (κ3) is 4.21. The van der Waals surface area contributed by atoms with Crippen molar-refractivity contribution < 1.29 is 14.0 Å². The Morgan fingerprint density at radius 1 is 1.24 bits per heavy atom.